The number of rotatable bonds is 9. The molecule has 0 radical (unpaired) electrons. The Labute approximate surface area is 114 Å². The van der Waals surface area contributed by atoms with Gasteiger partial charge in [0.25, 0.3) is 0 Å². The Bertz CT molecular complexity index is 333. The molecule has 102 valence electrons. The van der Waals surface area contributed by atoms with E-state index in [0.29, 0.717) is 6.61 Å². The first kappa shape index (κ1) is 15.4. The highest BCUT2D eigenvalue weighted by atomic mass is 35.5. The van der Waals surface area contributed by atoms with Gasteiger partial charge in [-0.15, -0.1) is 0 Å². The fraction of sp³-hybridized carbons (Fsp3) is 0.571. The lowest BCUT2D eigenvalue weighted by molar-refractivity contribution is 0.103. The maximum Gasteiger partial charge on any atom is 0.0591 e. The van der Waals surface area contributed by atoms with Gasteiger partial charge in [-0.3, -0.25) is 0 Å². The molecule has 1 rings (SSSR count). The van der Waals surface area contributed by atoms with Gasteiger partial charge in [0, 0.05) is 37.9 Å². The molecule has 18 heavy (non-hydrogen) atoms. The van der Waals surface area contributed by atoms with Crippen molar-refractivity contribution in [2.45, 2.75) is 19.4 Å². The van der Waals surface area contributed by atoms with E-state index >= 15 is 0 Å². The lowest BCUT2D eigenvalue weighted by atomic mass is 10.1. The number of nitrogens with one attached hydrogen (secondary N) is 1. The monoisotopic (exact) mass is 271 g/mol. The molecule has 1 atom stereocenters. The molecule has 0 saturated carbocycles. The maximum absolute atomic E-state index is 6.13. The smallest absolute Gasteiger partial charge is 0.0591 e. The predicted molar refractivity (Wildman–Crippen MR) is 75.2 cm³/mol. The summed E-state index contributed by atoms with van der Waals surface area (Å²) >= 11 is 6.13. The SMILES string of the molecule is COCCCOCCNC(C)c1ccccc1Cl. The van der Waals surface area contributed by atoms with Gasteiger partial charge in [-0.05, 0) is 25.0 Å². The van der Waals surface area contributed by atoms with Crippen molar-refractivity contribution in [1.29, 1.82) is 0 Å². The molecule has 0 aromatic heterocycles. The van der Waals surface area contributed by atoms with Crippen LogP contribution >= 0.6 is 11.6 Å². The zero-order chi connectivity index (χ0) is 13.2. The molecular formula is C14H22ClNO2. The molecule has 0 heterocycles. The van der Waals surface area contributed by atoms with Crippen LogP contribution in [0.15, 0.2) is 24.3 Å². The third-order valence-electron chi connectivity index (χ3n) is 2.71. The Hall–Kier alpha value is -0.610. The Morgan fingerprint density at radius 1 is 1.22 bits per heavy atom. The van der Waals surface area contributed by atoms with E-state index in [9.17, 15) is 0 Å². The molecule has 0 saturated heterocycles. The predicted octanol–water partition coefficient (Wildman–Crippen LogP) is 3.04. The maximum atomic E-state index is 6.13. The summed E-state index contributed by atoms with van der Waals surface area (Å²) in [6.07, 6.45) is 0.941. The molecule has 0 amide bonds. The number of ether oxygens (including phenoxy) is 2. The van der Waals surface area contributed by atoms with Gasteiger partial charge in [-0.25, -0.2) is 0 Å². The van der Waals surface area contributed by atoms with Crippen LogP contribution in [0.25, 0.3) is 0 Å². The first-order valence-electron chi connectivity index (χ1n) is 6.30. The third-order valence-corrected chi connectivity index (χ3v) is 3.05. The Kier molecular flexibility index (Phi) is 8.01. The molecule has 1 aromatic carbocycles. The first-order valence-corrected chi connectivity index (χ1v) is 6.68. The van der Waals surface area contributed by atoms with Crippen LogP contribution in [0, 0.1) is 0 Å². The normalized spacial score (nSPS) is 12.6. The molecule has 4 heteroatoms. The lowest BCUT2D eigenvalue weighted by Gasteiger charge is -2.15. The minimum Gasteiger partial charge on any atom is -0.385 e. The van der Waals surface area contributed by atoms with E-state index in [1.165, 1.54) is 0 Å². The molecule has 1 aromatic rings. The highest BCUT2D eigenvalue weighted by molar-refractivity contribution is 6.31. The summed E-state index contributed by atoms with van der Waals surface area (Å²) in [6, 6.07) is 8.13. The number of benzene rings is 1. The highest BCUT2D eigenvalue weighted by Gasteiger charge is 2.07. The second-order valence-corrected chi connectivity index (χ2v) is 4.56. The highest BCUT2D eigenvalue weighted by Crippen LogP contribution is 2.21. The van der Waals surface area contributed by atoms with E-state index in [0.717, 1.165) is 36.8 Å². The summed E-state index contributed by atoms with van der Waals surface area (Å²) in [5.41, 5.74) is 1.12. The summed E-state index contributed by atoms with van der Waals surface area (Å²) in [5, 5.41) is 4.19. The van der Waals surface area contributed by atoms with Gasteiger partial charge in [-0.2, -0.15) is 0 Å². The van der Waals surface area contributed by atoms with E-state index in [2.05, 4.69) is 12.2 Å². The van der Waals surface area contributed by atoms with Crippen LogP contribution in [0.4, 0.5) is 0 Å². The van der Waals surface area contributed by atoms with Crippen LogP contribution in [0.3, 0.4) is 0 Å². The van der Waals surface area contributed by atoms with Crippen LogP contribution in [0.2, 0.25) is 5.02 Å². The third kappa shape index (κ3) is 5.83. The summed E-state index contributed by atoms with van der Waals surface area (Å²) < 4.78 is 10.4. The van der Waals surface area contributed by atoms with E-state index < -0.39 is 0 Å². The van der Waals surface area contributed by atoms with Gasteiger partial charge in [-0.1, -0.05) is 29.8 Å². The average molecular weight is 272 g/mol. The van der Waals surface area contributed by atoms with Gasteiger partial charge in [0.1, 0.15) is 0 Å². The molecule has 0 aliphatic carbocycles. The number of hydrogen-bond donors (Lipinski definition) is 1. The van der Waals surface area contributed by atoms with Crippen molar-refractivity contribution in [2.75, 3.05) is 33.5 Å². The largest absolute Gasteiger partial charge is 0.385 e. The Balaban J connectivity index is 2.14. The molecule has 0 spiro atoms. The molecular weight excluding hydrogens is 250 g/mol. The Morgan fingerprint density at radius 2 is 2.00 bits per heavy atom. The minimum absolute atomic E-state index is 0.237. The van der Waals surface area contributed by atoms with Gasteiger partial charge >= 0.3 is 0 Å². The van der Waals surface area contributed by atoms with Crippen molar-refractivity contribution >= 4 is 11.6 Å². The minimum atomic E-state index is 0.237. The van der Waals surface area contributed by atoms with Crippen molar-refractivity contribution in [3.05, 3.63) is 34.9 Å². The quantitative estimate of drug-likeness (QED) is 0.701. The van der Waals surface area contributed by atoms with Crippen molar-refractivity contribution in [3.63, 3.8) is 0 Å². The molecule has 0 bridgehead atoms. The molecule has 0 aliphatic heterocycles. The van der Waals surface area contributed by atoms with Crippen LogP contribution in [0.1, 0.15) is 24.9 Å². The number of methoxy groups -OCH3 is 1. The van der Waals surface area contributed by atoms with E-state index in [1.807, 2.05) is 24.3 Å². The Morgan fingerprint density at radius 3 is 2.72 bits per heavy atom. The number of halogens is 1. The fourth-order valence-corrected chi connectivity index (χ4v) is 1.99. The van der Waals surface area contributed by atoms with Crippen molar-refractivity contribution < 1.29 is 9.47 Å². The topological polar surface area (TPSA) is 30.5 Å². The van der Waals surface area contributed by atoms with Crippen LogP contribution < -0.4 is 5.32 Å². The van der Waals surface area contributed by atoms with Crippen molar-refractivity contribution in [3.8, 4) is 0 Å². The zero-order valence-corrected chi connectivity index (χ0v) is 11.9. The van der Waals surface area contributed by atoms with E-state index in [-0.39, 0.29) is 6.04 Å². The van der Waals surface area contributed by atoms with Crippen LogP contribution in [-0.2, 0) is 9.47 Å². The fourth-order valence-electron chi connectivity index (χ4n) is 1.69. The van der Waals surface area contributed by atoms with Crippen molar-refractivity contribution in [1.82, 2.24) is 5.32 Å². The van der Waals surface area contributed by atoms with Crippen molar-refractivity contribution in [2.24, 2.45) is 0 Å². The molecule has 0 aliphatic rings. The lowest BCUT2D eigenvalue weighted by Crippen LogP contribution is -2.23. The summed E-state index contributed by atoms with van der Waals surface area (Å²) in [6.45, 7) is 5.13. The molecule has 1 unspecified atom stereocenters. The molecule has 1 N–H and O–H groups in total. The molecule has 3 nitrogen and oxygen atoms in total. The average Bonchev–Trinajstić information content (AvgIpc) is 2.38. The van der Waals surface area contributed by atoms with Gasteiger partial charge in [0.2, 0.25) is 0 Å². The first-order chi connectivity index (χ1) is 8.75. The van der Waals surface area contributed by atoms with Gasteiger partial charge in [0.15, 0.2) is 0 Å². The van der Waals surface area contributed by atoms with Crippen LogP contribution in [0.5, 0.6) is 0 Å². The molecule has 0 fully saturated rings. The zero-order valence-electron chi connectivity index (χ0n) is 11.1. The second-order valence-electron chi connectivity index (χ2n) is 4.16. The van der Waals surface area contributed by atoms with Crippen LogP contribution in [-0.4, -0.2) is 33.5 Å². The van der Waals surface area contributed by atoms with E-state index in [4.69, 9.17) is 21.1 Å². The van der Waals surface area contributed by atoms with Gasteiger partial charge in [0.05, 0.1) is 6.61 Å². The summed E-state index contributed by atoms with van der Waals surface area (Å²) in [4.78, 5) is 0. The standard InChI is InChI=1S/C14H22ClNO2/c1-12(13-6-3-4-7-14(13)15)16-8-11-18-10-5-9-17-2/h3-4,6-7,12,16H,5,8-11H2,1-2H3. The summed E-state index contributed by atoms with van der Waals surface area (Å²) in [5.74, 6) is 0. The van der Waals surface area contributed by atoms with Gasteiger partial charge < -0.3 is 14.8 Å². The number of hydrogen-bond acceptors (Lipinski definition) is 3. The summed E-state index contributed by atoms with van der Waals surface area (Å²) in [7, 11) is 1.70. The second kappa shape index (κ2) is 9.34. The van der Waals surface area contributed by atoms with E-state index in [1.54, 1.807) is 7.11 Å².